The fraction of sp³-hybridized carbons (Fsp3) is 0.106. The molecular weight excluding hydrogens is 579 g/mol. The van der Waals surface area contributed by atoms with Crippen LogP contribution < -0.4 is 4.90 Å². The Labute approximate surface area is 282 Å². The topological polar surface area (TPSA) is 3.24 Å². The lowest BCUT2D eigenvalue weighted by atomic mass is 9.81. The summed E-state index contributed by atoms with van der Waals surface area (Å²) in [6.07, 6.45) is 9.05. The highest BCUT2D eigenvalue weighted by Crippen LogP contribution is 2.52. The Morgan fingerprint density at radius 3 is 2.31 bits per heavy atom. The van der Waals surface area contributed by atoms with Crippen LogP contribution in [0.4, 0.5) is 17.1 Å². The third-order valence-electron chi connectivity index (χ3n) is 11.1. The van der Waals surface area contributed by atoms with Crippen molar-refractivity contribution >= 4 is 50.3 Å². The molecule has 228 valence electrons. The van der Waals surface area contributed by atoms with E-state index >= 15 is 0 Å². The predicted octanol–water partition coefficient (Wildman–Crippen LogP) is 12.8. The van der Waals surface area contributed by atoms with Crippen LogP contribution in [0.5, 0.6) is 0 Å². The van der Waals surface area contributed by atoms with Crippen LogP contribution in [0.1, 0.15) is 48.1 Å². The summed E-state index contributed by atoms with van der Waals surface area (Å²) in [5.74, 6) is 0. The van der Waals surface area contributed by atoms with Gasteiger partial charge < -0.3 is 4.90 Å². The molecule has 0 N–H and O–H groups in total. The number of allylic oxidation sites excluding steroid dienone is 3. The van der Waals surface area contributed by atoms with Crippen molar-refractivity contribution < 1.29 is 0 Å². The third-order valence-corrected chi connectivity index (χ3v) is 11.1. The van der Waals surface area contributed by atoms with Gasteiger partial charge in [0.15, 0.2) is 0 Å². The monoisotopic (exact) mass is 613 g/mol. The van der Waals surface area contributed by atoms with Crippen molar-refractivity contribution in [3.8, 4) is 22.3 Å². The standard InChI is InChI=1S/C47H35N/c1-47(2)42-18-9-8-17-38(42)39-25-23-35(29-43(39)47)48(36-27-34-13-6-7-16-37(34)41(28-36)30-11-4-3-5-12-30)44-26-22-33-20-19-31-14-10-15-32-21-24-40(44)46(33)45(31)32/h3-13,15-19,21-29H,14,20H2,1-2H3. The second-order valence-corrected chi connectivity index (χ2v) is 14.1. The maximum Gasteiger partial charge on any atom is 0.0540 e. The van der Waals surface area contributed by atoms with E-state index < -0.39 is 0 Å². The molecule has 0 fully saturated rings. The van der Waals surface area contributed by atoms with Crippen LogP contribution in [0.15, 0.2) is 146 Å². The van der Waals surface area contributed by atoms with Gasteiger partial charge in [0.25, 0.3) is 0 Å². The van der Waals surface area contributed by atoms with Crippen molar-refractivity contribution in [1.29, 1.82) is 0 Å². The van der Waals surface area contributed by atoms with Crippen molar-refractivity contribution in [3.63, 3.8) is 0 Å². The van der Waals surface area contributed by atoms with Gasteiger partial charge in [-0.2, -0.15) is 0 Å². The summed E-state index contributed by atoms with van der Waals surface area (Å²) >= 11 is 0. The zero-order valence-electron chi connectivity index (χ0n) is 27.3. The molecule has 3 aliphatic rings. The average molecular weight is 614 g/mol. The number of anilines is 3. The Morgan fingerprint density at radius 2 is 1.40 bits per heavy atom. The van der Waals surface area contributed by atoms with Gasteiger partial charge in [0, 0.05) is 22.2 Å². The fourth-order valence-corrected chi connectivity index (χ4v) is 8.74. The fourth-order valence-electron chi connectivity index (χ4n) is 8.74. The quantitative estimate of drug-likeness (QED) is 0.191. The summed E-state index contributed by atoms with van der Waals surface area (Å²) in [5, 5.41) is 5.23. The molecule has 0 saturated carbocycles. The van der Waals surface area contributed by atoms with Crippen LogP contribution in [-0.2, 0) is 11.8 Å². The normalized spacial score (nSPS) is 14.9. The minimum atomic E-state index is -0.0932. The Bertz CT molecular complexity index is 2530. The Hall–Kier alpha value is -5.66. The number of hydrogen-bond acceptors (Lipinski definition) is 1. The van der Waals surface area contributed by atoms with Crippen LogP contribution in [0, 0.1) is 0 Å². The molecule has 0 atom stereocenters. The van der Waals surface area contributed by atoms with Gasteiger partial charge in [0.1, 0.15) is 0 Å². The number of hydrogen-bond donors (Lipinski definition) is 0. The lowest BCUT2D eigenvalue weighted by Gasteiger charge is -2.31. The molecule has 7 aromatic carbocycles. The van der Waals surface area contributed by atoms with E-state index in [0.29, 0.717) is 0 Å². The highest BCUT2D eigenvalue weighted by Gasteiger charge is 2.36. The first-order valence-electron chi connectivity index (χ1n) is 17.1. The summed E-state index contributed by atoms with van der Waals surface area (Å²) in [6.45, 7) is 4.75. The van der Waals surface area contributed by atoms with Crippen LogP contribution in [-0.4, -0.2) is 0 Å². The second-order valence-electron chi connectivity index (χ2n) is 14.1. The smallest absolute Gasteiger partial charge is 0.0540 e. The summed E-state index contributed by atoms with van der Waals surface area (Å²) in [5.41, 5.74) is 17.1. The Balaban J connectivity index is 1.28. The molecule has 48 heavy (non-hydrogen) atoms. The summed E-state index contributed by atoms with van der Waals surface area (Å²) in [7, 11) is 0. The second kappa shape index (κ2) is 10.2. The Morgan fingerprint density at radius 1 is 0.583 bits per heavy atom. The molecule has 0 aliphatic heterocycles. The molecule has 0 radical (unpaired) electrons. The van der Waals surface area contributed by atoms with E-state index in [1.54, 1.807) is 0 Å². The molecule has 0 spiro atoms. The summed E-state index contributed by atoms with van der Waals surface area (Å²) in [4.78, 5) is 2.53. The molecule has 0 unspecified atom stereocenters. The molecule has 10 rings (SSSR count). The molecule has 0 amide bonds. The molecule has 0 heterocycles. The van der Waals surface area contributed by atoms with E-state index in [-0.39, 0.29) is 5.41 Å². The lowest BCUT2D eigenvalue weighted by molar-refractivity contribution is 0.660. The van der Waals surface area contributed by atoms with Gasteiger partial charge in [-0.3, -0.25) is 0 Å². The van der Waals surface area contributed by atoms with Gasteiger partial charge in [-0.25, -0.2) is 0 Å². The molecule has 1 heteroatoms. The highest BCUT2D eigenvalue weighted by atomic mass is 15.1. The molecule has 0 saturated heterocycles. The van der Waals surface area contributed by atoms with E-state index in [1.807, 2.05) is 0 Å². The third kappa shape index (κ3) is 3.91. The van der Waals surface area contributed by atoms with Crippen molar-refractivity contribution in [2.24, 2.45) is 0 Å². The minimum Gasteiger partial charge on any atom is -0.310 e. The number of rotatable bonds is 4. The zero-order valence-corrected chi connectivity index (χ0v) is 27.3. The van der Waals surface area contributed by atoms with E-state index in [9.17, 15) is 0 Å². The van der Waals surface area contributed by atoms with E-state index in [1.165, 1.54) is 94.3 Å². The molecule has 0 bridgehead atoms. The average Bonchev–Trinajstić information content (AvgIpc) is 3.37. The SMILES string of the molecule is CC1(C)c2ccccc2-c2ccc(N(c3cc(-c4ccccc4)c4ccccc4c3)c3ccc4c5c6c(ccc35)C=CCC6=CC4)cc21. The van der Waals surface area contributed by atoms with Crippen molar-refractivity contribution in [1.82, 2.24) is 0 Å². The first kappa shape index (κ1) is 27.5. The summed E-state index contributed by atoms with van der Waals surface area (Å²) < 4.78 is 0. The van der Waals surface area contributed by atoms with E-state index in [0.717, 1.165) is 12.8 Å². The maximum atomic E-state index is 2.53. The molecule has 0 aromatic heterocycles. The van der Waals surface area contributed by atoms with Gasteiger partial charge in [0.2, 0.25) is 0 Å². The molecule has 1 nitrogen and oxygen atoms in total. The van der Waals surface area contributed by atoms with Gasteiger partial charge in [-0.1, -0.05) is 135 Å². The van der Waals surface area contributed by atoms with E-state index in [4.69, 9.17) is 0 Å². The van der Waals surface area contributed by atoms with Crippen molar-refractivity contribution in [3.05, 3.63) is 173 Å². The van der Waals surface area contributed by atoms with Crippen molar-refractivity contribution in [2.75, 3.05) is 4.90 Å². The van der Waals surface area contributed by atoms with Gasteiger partial charge >= 0.3 is 0 Å². The van der Waals surface area contributed by atoms with Crippen LogP contribution in [0.25, 0.3) is 55.4 Å². The van der Waals surface area contributed by atoms with Gasteiger partial charge in [-0.15, -0.1) is 0 Å². The maximum absolute atomic E-state index is 2.53. The van der Waals surface area contributed by atoms with Gasteiger partial charge in [-0.05, 0) is 115 Å². The first-order valence-corrected chi connectivity index (χ1v) is 17.1. The first-order chi connectivity index (χ1) is 23.6. The molecule has 3 aliphatic carbocycles. The number of benzene rings is 7. The highest BCUT2D eigenvalue weighted by molar-refractivity contribution is 6.10. The van der Waals surface area contributed by atoms with Crippen molar-refractivity contribution in [2.45, 2.75) is 32.1 Å². The predicted molar refractivity (Wildman–Crippen MR) is 204 cm³/mol. The van der Waals surface area contributed by atoms with Crippen LogP contribution >= 0.6 is 0 Å². The van der Waals surface area contributed by atoms with Crippen LogP contribution in [0.2, 0.25) is 0 Å². The molecule has 7 aromatic rings. The number of fused-ring (bicyclic) bond motifs is 4. The van der Waals surface area contributed by atoms with E-state index in [2.05, 4.69) is 170 Å². The summed E-state index contributed by atoms with van der Waals surface area (Å²) in [6, 6.07) is 50.0. The lowest BCUT2D eigenvalue weighted by Crippen LogP contribution is -2.17. The largest absolute Gasteiger partial charge is 0.310 e. The number of nitrogens with zero attached hydrogens (tertiary/aromatic N) is 1. The molecular formula is C47H35N. The Kier molecular flexibility index (Phi) is 5.82. The zero-order chi connectivity index (χ0) is 32.0. The minimum absolute atomic E-state index is 0.0932. The van der Waals surface area contributed by atoms with Gasteiger partial charge in [0.05, 0.1) is 5.69 Å². The van der Waals surface area contributed by atoms with Crippen LogP contribution in [0.3, 0.4) is 0 Å².